The fourth-order valence-electron chi connectivity index (χ4n) is 1.96. The van der Waals surface area contributed by atoms with Gasteiger partial charge in [0, 0.05) is 23.4 Å². The minimum atomic E-state index is 0.139. The highest BCUT2D eigenvalue weighted by Crippen LogP contribution is 2.14. The summed E-state index contributed by atoms with van der Waals surface area (Å²) >= 11 is 0. The van der Waals surface area contributed by atoms with Crippen LogP contribution in [0.4, 0.5) is 0 Å². The summed E-state index contributed by atoms with van der Waals surface area (Å²) < 4.78 is 0. The molecule has 0 fully saturated rings. The molecular formula is C19H23NO. The van der Waals surface area contributed by atoms with Gasteiger partial charge in [-0.3, -0.25) is 4.79 Å². The van der Waals surface area contributed by atoms with Gasteiger partial charge in [0.2, 0.25) is 0 Å². The van der Waals surface area contributed by atoms with Crippen molar-refractivity contribution in [2.24, 2.45) is 0 Å². The molecule has 1 aromatic rings. The van der Waals surface area contributed by atoms with Crippen molar-refractivity contribution in [3.63, 3.8) is 0 Å². The molecule has 1 aromatic carbocycles. The quantitative estimate of drug-likeness (QED) is 0.552. The lowest BCUT2D eigenvalue weighted by Crippen LogP contribution is -2.13. The zero-order chi connectivity index (χ0) is 15.8. The summed E-state index contributed by atoms with van der Waals surface area (Å²) in [6, 6.07) is 7.64. The number of carbonyl (C=O) groups is 1. The monoisotopic (exact) mass is 281 g/mol. The number of hydrogen-bond donors (Lipinski definition) is 1. The molecule has 0 aliphatic heterocycles. The maximum Gasteiger partial charge on any atom is 0.163 e. The minimum absolute atomic E-state index is 0.139. The van der Waals surface area contributed by atoms with Crippen molar-refractivity contribution in [3.05, 3.63) is 84.2 Å². The molecule has 110 valence electrons. The second-order valence-corrected chi connectivity index (χ2v) is 4.97. The Balaban J connectivity index is 2.62. The Labute approximate surface area is 127 Å². The van der Waals surface area contributed by atoms with E-state index >= 15 is 0 Å². The van der Waals surface area contributed by atoms with Crippen LogP contribution >= 0.6 is 0 Å². The van der Waals surface area contributed by atoms with Crippen molar-refractivity contribution in [2.45, 2.75) is 26.7 Å². The lowest BCUT2D eigenvalue weighted by molar-refractivity contribution is 0.0982. The summed E-state index contributed by atoms with van der Waals surface area (Å²) in [5.41, 5.74) is 4.46. The molecule has 2 nitrogen and oxygen atoms in total. The van der Waals surface area contributed by atoms with E-state index in [-0.39, 0.29) is 5.78 Å². The number of benzene rings is 1. The van der Waals surface area contributed by atoms with E-state index in [1.807, 2.05) is 38.1 Å². The van der Waals surface area contributed by atoms with Crippen LogP contribution in [-0.2, 0) is 0 Å². The second kappa shape index (κ2) is 8.05. The van der Waals surface area contributed by atoms with Crippen molar-refractivity contribution in [3.8, 4) is 0 Å². The molecule has 0 atom stereocenters. The van der Waals surface area contributed by atoms with Crippen LogP contribution in [0.3, 0.4) is 0 Å². The normalized spacial score (nSPS) is 11.3. The van der Waals surface area contributed by atoms with Crippen LogP contribution in [0.25, 0.3) is 0 Å². The highest BCUT2D eigenvalue weighted by Gasteiger charge is 2.09. The van der Waals surface area contributed by atoms with Gasteiger partial charge >= 0.3 is 0 Å². The first-order chi connectivity index (χ1) is 9.99. The summed E-state index contributed by atoms with van der Waals surface area (Å²) in [7, 11) is 0. The molecule has 0 spiro atoms. The summed E-state index contributed by atoms with van der Waals surface area (Å²) in [6.07, 6.45) is 4.52. The van der Waals surface area contributed by atoms with Gasteiger partial charge in [0.05, 0.1) is 0 Å². The summed E-state index contributed by atoms with van der Waals surface area (Å²) in [6.45, 7) is 15.4. The Morgan fingerprint density at radius 1 is 1.19 bits per heavy atom. The van der Waals surface area contributed by atoms with Gasteiger partial charge in [0.1, 0.15) is 0 Å². The van der Waals surface area contributed by atoms with Gasteiger partial charge in [-0.05, 0) is 37.5 Å². The van der Waals surface area contributed by atoms with Crippen molar-refractivity contribution in [1.29, 1.82) is 0 Å². The first kappa shape index (κ1) is 16.7. The number of ketones is 1. The van der Waals surface area contributed by atoms with Gasteiger partial charge in [-0.2, -0.15) is 0 Å². The van der Waals surface area contributed by atoms with Crippen molar-refractivity contribution in [1.82, 2.24) is 5.32 Å². The summed E-state index contributed by atoms with van der Waals surface area (Å²) in [4.78, 5) is 12.2. The summed E-state index contributed by atoms with van der Waals surface area (Å²) in [5.74, 6) is 0.139. The molecule has 0 aliphatic carbocycles. The predicted molar refractivity (Wildman–Crippen MR) is 90.1 cm³/mol. The Bertz CT molecular complexity index is 593. The van der Waals surface area contributed by atoms with E-state index in [2.05, 4.69) is 25.1 Å². The first-order valence-corrected chi connectivity index (χ1v) is 6.99. The third-order valence-electron chi connectivity index (χ3n) is 3.35. The Morgan fingerprint density at radius 3 is 2.43 bits per heavy atom. The average Bonchev–Trinajstić information content (AvgIpc) is 2.49. The van der Waals surface area contributed by atoms with Crippen LogP contribution in [0.5, 0.6) is 0 Å². The van der Waals surface area contributed by atoms with Gasteiger partial charge < -0.3 is 5.32 Å². The number of hydrogen-bond acceptors (Lipinski definition) is 2. The molecular weight excluding hydrogens is 258 g/mol. The third kappa shape index (κ3) is 4.92. The lowest BCUT2D eigenvalue weighted by atomic mass is 10.0. The highest BCUT2D eigenvalue weighted by atomic mass is 16.1. The topological polar surface area (TPSA) is 29.1 Å². The molecule has 2 heteroatoms. The standard InChI is InChI=1S/C19H23NO/c1-6-14(3)18(7-2)20-16(5)12-13-19(21)17-11-9-8-10-15(17)4/h6-11,20H,1-2,5,12-13H2,3-4H3/b18-14+. The number of allylic oxidation sites excluding steroid dienone is 4. The highest BCUT2D eigenvalue weighted by molar-refractivity contribution is 5.97. The zero-order valence-corrected chi connectivity index (χ0v) is 12.9. The lowest BCUT2D eigenvalue weighted by Gasteiger charge is -2.12. The Hall–Kier alpha value is -2.35. The van der Waals surface area contributed by atoms with Gasteiger partial charge in [-0.1, -0.05) is 50.1 Å². The fraction of sp³-hybridized carbons (Fsp3) is 0.211. The van der Waals surface area contributed by atoms with Crippen molar-refractivity contribution < 1.29 is 4.79 Å². The molecule has 1 rings (SSSR count). The SMILES string of the molecule is C=C/C(C)=C(\C=C)NC(=C)CCC(=O)c1ccccc1C. The van der Waals surface area contributed by atoms with Crippen LogP contribution in [0.1, 0.15) is 35.7 Å². The molecule has 21 heavy (non-hydrogen) atoms. The van der Waals surface area contributed by atoms with E-state index in [0.717, 1.165) is 28.1 Å². The third-order valence-corrected chi connectivity index (χ3v) is 3.35. The summed E-state index contributed by atoms with van der Waals surface area (Å²) in [5, 5.41) is 3.18. The Kier molecular flexibility index (Phi) is 6.41. The van der Waals surface area contributed by atoms with E-state index in [0.29, 0.717) is 12.8 Å². The maximum absolute atomic E-state index is 12.2. The first-order valence-electron chi connectivity index (χ1n) is 6.99. The van der Waals surface area contributed by atoms with E-state index in [9.17, 15) is 4.79 Å². The number of aryl methyl sites for hydroxylation is 1. The molecule has 0 saturated carbocycles. The zero-order valence-electron chi connectivity index (χ0n) is 12.9. The fourth-order valence-corrected chi connectivity index (χ4v) is 1.96. The maximum atomic E-state index is 12.2. The minimum Gasteiger partial charge on any atom is -0.359 e. The van der Waals surface area contributed by atoms with Crippen molar-refractivity contribution in [2.75, 3.05) is 0 Å². The molecule has 0 radical (unpaired) electrons. The molecule has 0 aliphatic rings. The second-order valence-electron chi connectivity index (χ2n) is 4.97. The van der Waals surface area contributed by atoms with Gasteiger partial charge in [-0.25, -0.2) is 0 Å². The van der Waals surface area contributed by atoms with E-state index in [1.54, 1.807) is 12.2 Å². The van der Waals surface area contributed by atoms with Crippen LogP contribution in [0.15, 0.2) is 73.1 Å². The van der Waals surface area contributed by atoms with E-state index < -0.39 is 0 Å². The van der Waals surface area contributed by atoms with Crippen LogP contribution < -0.4 is 5.32 Å². The van der Waals surface area contributed by atoms with Gasteiger partial charge in [0.25, 0.3) is 0 Å². The molecule has 1 N–H and O–H groups in total. The molecule has 0 bridgehead atoms. The number of Topliss-reactive ketones (excluding diaryl/α,β-unsaturated/α-hetero) is 1. The average molecular weight is 281 g/mol. The number of rotatable bonds is 8. The molecule has 0 heterocycles. The Morgan fingerprint density at radius 2 is 1.86 bits per heavy atom. The van der Waals surface area contributed by atoms with Gasteiger partial charge in [0.15, 0.2) is 5.78 Å². The largest absolute Gasteiger partial charge is 0.359 e. The molecule has 0 amide bonds. The van der Waals surface area contributed by atoms with E-state index in [1.165, 1.54) is 0 Å². The smallest absolute Gasteiger partial charge is 0.163 e. The van der Waals surface area contributed by atoms with Crippen LogP contribution in [-0.4, -0.2) is 5.78 Å². The van der Waals surface area contributed by atoms with Gasteiger partial charge in [-0.15, -0.1) is 0 Å². The number of nitrogens with one attached hydrogen (secondary N) is 1. The van der Waals surface area contributed by atoms with E-state index in [4.69, 9.17) is 0 Å². The van der Waals surface area contributed by atoms with Crippen molar-refractivity contribution >= 4 is 5.78 Å². The molecule has 0 saturated heterocycles. The van der Waals surface area contributed by atoms with Crippen LogP contribution in [0.2, 0.25) is 0 Å². The van der Waals surface area contributed by atoms with Crippen LogP contribution in [0, 0.1) is 6.92 Å². The molecule has 0 aromatic heterocycles. The number of carbonyl (C=O) groups excluding carboxylic acids is 1. The molecule has 0 unspecified atom stereocenters. The predicted octanol–water partition coefficient (Wildman–Crippen LogP) is 4.71.